The Morgan fingerprint density at radius 2 is 1.86 bits per heavy atom. The van der Waals surface area contributed by atoms with Gasteiger partial charge in [-0.1, -0.05) is 12.1 Å². The molecule has 1 aliphatic rings. The number of aryl methyl sites for hydroxylation is 1. The predicted molar refractivity (Wildman–Crippen MR) is 80.1 cm³/mol. The van der Waals surface area contributed by atoms with Crippen LogP contribution in [0.4, 0.5) is 0 Å². The van der Waals surface area contributed by atoms with Gasteiger partial charge >= 0.3 is 5.69 Å². The van der Waals surface area contributed by atoms with Gasteiger partial charge in [0, 0.05) is 11.3 Å². The van der Waals surface area contributed by atoms with Crippen molar-refractivity contribution < 1.29 is 4.74 Å². The maximum atomic E-state index is 12.5. The molecule has 0 aliphatic heterocycles. The van der Waals surface area contributed by atoms with Crippen molar-refractivity contribution in [2.45, 2.75) is 32.2 Å². The maximum absolute atomic E-state index is 12.5. The van der Waals surface area contributed by atoms with Crippen LogP contribution >= 0.6 is 0 Å². The molecule has 0 bridgehead atoms. The Kier molecular flexibility index (Phi) is 3.64. The van der Waals surface area contributed by atoms with E-state index in [0.717, 1.165) is 48.3 Å². The maximum Gasteiger partial charge on any atom is 0.328 e. The van der Waals surface area contributed by atoms with Gasteiger partial charge in [0.25, 0.3) is 5.56 Å². The molecule has 3 rings (SSSR count). The smallest absolute Gasteiger partial charge is 0.328 e. The lowest BCUT2D eigenvalue weighted by Crippen LogP contribution is -2.39. The summed E-state index contributed by atoms with van der Waals surface area (Å²) in [5.74, 6) is 0.755. The Hall–Kier alpha value is -2.30. The average molecular weight is 286 g/mol. The van der Waals surface area contributed by atoms with E-state index in [1.165, 1.54) is 4.57 Å². The second-order valence-corrected chi connectivity index (χ2v) is 5.33. The lowest BCUT2D eigenvalue weighted by atomic mass is 9.97. The highest BCUT2D eigenvalue weighted by Crippen LogP contribution is 2.15. The SMILES string of the molecule is COc1ccc(Cn2c(=O)[nH]c3c(c2=O)CCCC3)cc1. The first-order valence-corrected chi connectivity index (χ1v) is 7.17. The normalized spacial score (nSPS) is 13.8. The molecule has 0 radical (unpaired) electrons. The van der Waals surface area contributed by atoms with Crippen molar-refractivity contribution >= 4 is 0 Å². The molecule has 0 atom stereocenters. The van der Waals surface area contributed by atoms with Crippen molar-refractivity contribution in [3.63, 3.8) is 0 Å². The van der Waals surface area contributed by atoms with E-state index in [4.69, 9.17) is 4.74 Å². The molecule has 1 heterocycles. The zero-order valence-corrected chi connectivity index (χ0v) is 12.0. The average Bonchev–Trinajstić information content (AvgIpc) is 2.52. The highest BCUT2D eigenvalue weighted by molar-refractivity contribution is 5.28. The first-order chi connectivity index (χ1) is 10.2. The lowest BCUT2D eigenvalue weighted by Gasteiger charge is -2.16. The number of ether oxygens (including phenoxy) is 1. The molecular formula is C16H18N2O3. The Morgan fingerprint density at radius 1 is 1.14 bits per heavy atom. The minimum Gasteiger partial charge on any atom is -0.497 e. The first-order valence-electron chi connectivity index (χ1n) is 7.17. The summed E-state index contributed by atoms with van der Waals surface area (Å²) < 4.78 is 6.39. The van der Waals surface area contributed by atoms with Crippen molar-refractivity contribution in [3.8, 4) is 5.75 Å². The van der Waals surface area contributed by atoms with Crippen molar-refractivity contribution in [2.24, 2.45) is 0 Å². The van der Waals surface area contributed by atoms with E-state index in [-0.39, 0.29) is 17.8 Å². The van der Waals surface area contributed by atoms with Gasteiger partial charge in [0.1, 0.15) is 5.75 Å². The molecule has 21 heavy (non-hydrogen) atoms. The topological polar surface area (TPSA) is 64.1 Å². The molecule has 110 valence electrons. The molecule has 1 aliphatic carbocycles. The van der Waals surface area contributed by atoms with Gasteiger partial charge in [-0.25, -0.2) is 4.79 Å². The number of rotatable bonds is 3. The molecule has 5 nitrogen and oxygen atoms in total. The van der Waals surface area contributed by atoms with Gasteiger partial charge in [0.2, 0.25) is 0 Å². The Morgan fingerprint density at radius 3 is 2.57 bits per heavy atom. The molecule has 1 N–H and O–H groups in total. The number of aromatic nitrogens is 2. The molecular weight excluding hydrogens is 268 g/mol. The van der Waals surface area contributed by atoms with Crippen LogP contribution in [0, 0.1) is 0 Å². The van der Waals surface area contributed by atoms with Crippen molar-refractivity contribution in [2.75, 3.05) is 7.11 Å². The van der Waals surface area contributed by atoms with Crippen LogP contribution in [0.2, 0.25) is 0 Å². The third kappa shape index (κ3) is 2.63. The van der Waals surface area contributed by atoms with E-state index in [9.17, 15) is 9.59 Å². The number of methoxy groups -OCH3 is 1. The van der Waals surface area contributed by atoms with Gasteiger partial charge in [-0.05, 0) is 43.4 Å². The second kappa shape index (κ2) is 5.60. The molecule has 2 aromatic rings. The van der Waals surface area contributed by atoms with Gasteiger partial charge in [-0.15, -0.1) is 0 Å². The second-order valence-electron chi connectivity index (χ2n) is 5.33. The summed E-state index contributed by atoms with van der Waals surface area (Å²) in [7, 11) is 1.60. The lowest BCUT2D eigenvalue weighted by molar-refractivity contribution is 0.414. The fraction of sp³-hybridized carbons (Fsp3) is 0.375. The number of benzene rings is 1. The van der Waals surface area contributed by atoms with Crippen LogP contribution in [-0.4, -0.2) is 16.7 Å². The Bertz CT molecular complexity index is 757. The van der Waals surface area contributed by atoms with Gasteiger partial charge < -0.3 is 9.72 Å². The third-order valence-corrected chi connectivity index (χ3v) is 3.97. The zero-order valence-electron chi connectivity index (χ0n) is 12.0. The van der Waals surface area contributed by atoms with Gasteiger partial charge in [0.05, 0.1) is 13.7 Å². The number of hydrogen-bond acceptors (Lipinski definition) is 3. The minimum atomic E-state index is -0.323. The fourth-order valence-electron chi connectivity index (χ4n) is 2.79. The zero-order chi connectivity index (χ0) is 14.8. The Labute approximate surface area is 122 Å². The summed E-state index contributed by atoms with van der Waals surface area (Å²) in [6.45, 7) is 0.283. The molecule has 1 aromatic heterocycles. The van der Waals surface area contributed by atoms with Crippen molar-refractivity contribution in [1.82, 2.24) is 9.55 Å². The molecule has 0 unspecified atom stereocenters. The van der Waals surface area contributed by atoms with Gasteiger partial charge in [-0.2, -0.15) is 0 Å². The molecule has 1 aromatic carbocycles. The number of hydrogen-bond donors (Lipinski definition) is 1. The van der Waals surface area contributed by atoms with Crippen LogP contribution in [0.1, 0.15) is 29.7 Å². The largest absolute Gasteiger partial charge is 0.497 e. The van der Waals surface area contributed by atoms with E-state index in [1.54, 1.807) is 7.11 Å². The van der Waals surface area contributed by atoms with E-state index in [1.807, 2.05) is 24.3 Å². The molecule has 5 heteroatoms. The summed E-state index contributed by atoms with van der Waals surface area (Å²) in [4.78, 5) is 27.5. The number of aromatic amines is 1. The van der Waals surface area contributed by atoms with Crippen molar-refractivity contribution in [3.05, 3.63) is 61.9 Å². The first kappa shape index (κ1) is 13.7. The fourth-order valence-corrected chi connectivity index (χ4v) is 2.79. The monoisotopic (exact) mass is 286 g/mol. The molecule has 0 amide bonds. The minimum absolute atomic E-state index is 0.149. The summed E-state index contributed by atoms with van der Waals surface area (Å²) >= 11 is 0. The van der Waals surface area contributed by atoms with Crippen LogP contribution in [-0.2, 0) is 19.4 Å². The van der Waals surface area contributed by atoms with E-state index in [0.29, 0.717) is 0 Å². The number of nitrogens with zero attached hydrogens (tertiary/aromatic N) is 1. The third-order valence-electron chi connectivity index (χ3n) is 3.97. The molecule has 0 spiro atoms. The molecule has 0 fully saturated rings. The Balaban J connectivity index is 1.98. The number of nitrogens with one attached hydrogen (secondary N) is 1. The van der Waals surface area contributed by atoms with Gasteiger partial charge in [-0.3, -0.25) is 9.36 Å². The summed E-state index contributed by atoms with van der Waals surface area (Å²) in [6.07, 6.45) is 3.60. The van der Waals surface area contributed by atoms with Crippen LogP contribution in [0.15, 0.2) is 33.9 Å². The van der Waals surface area contributed by atoms with Crippen LogP contribution in [0.25, 0.3) is 0 Å². The van der Waals surface area contributed by atoms with Crippen LogP contribution < -0.4 is 16.0 Å². The standard InChI is InChI=1S/C16H18N2O3/c1-21-12-8-6-11(7-9-12)10-18-15(19)13-4-2-3-5-14(13)17-16(18)20/h6-9H,2-5,10H2,1H3,(H,17,20). The molecule has 0 saturated carbocycles. The summed E-state index contributed by atoms with van der Waals surface area (Å²) in [5, 5.41) is 0. The van der Waals surface area contributed by atoms with Crippen LogP contribution in [0.5, 0.6) is 5.75 Å². The summed E-state index contributed by atoms with van der Waals surface area (Å²) in [5.41, 5.74) is 2.02. The molecule has 0 saturated heterocycles. The van der Waals surface area contributed by atoms with E-state index >= 15 is 0 Å². The number of fused-ring (bicyclic) bond motifs is 1. The quantitative estimate of drug-likeness (QED) is 0.929. The van der Waals surface area contributed by atoms with Gasteiger partial charge in [0.15, 0.2) is 0 Å². The van der Waals surface area contributed by atoms with E-state index in [2.05, 4.69) is 4.98 Å². The highest BCUT2D eigenvalue weighted by atomic mass is 16.5. The highest BCUT2D eigenvalue weighted by Gasteiger charge is 2.17. The van der Waals surface area contributed by atoms with Crippen molar-refractivity contribution in [1.29, 1.82) is 0 Å². The van der Waals surface area contributed by atoms with Crippen LogP contribution in [0.3, 0.4) is 0 Å². The number of H-pyrrole nitrogens is 1. The predicted octanol–water partition coefficient (Wildman–Crippen LogP) is 1.47. The summed E-state index contributed by atoms with van der Waals surface area (Å²) in [6, 6.07) is 7.38. The van der Waals surface area contributed by atoms with E-state index < -0.39 is 0 Å².